The van der Waals surface area contributed by atoms with Crippen LogP contribution in [0.3, 0.4) is 0 Å². The summed E-state index contributed by atoms with van der Waals surface area (Å²) in [6, 6.07) is 73.5. The molecule has 0 atom stereocenters. The fourth-order valence-corrected chi connectivity index (χ4v) is 11.0. The van der Waals surface area contributed by atoms with Crippen molar-refractivity contribution in [2.45, 2.75) is 6.85 Å². The normalized spacial score (nSPS) is 13.9. The average Bonchev–Trinajstić information content (AvgIpc) is 4.09. The van der Waals surface area contributed by atoms with Crippen molar-refractivity contribution in [3.05, 3.63) is 246 Å². The molecule has 8 heteroatoms. The van der Waals surface area contributed by atoms with Gasteiger partial charge in [-0.25, -0.2) is 0 Å². The number of ether oxygens (including phenoxy) is 1. The molecule has 2 aromatic heterocycles. The number of imidazole rings is 1. The van der Waals surface area contributed by atoms with E-state index in [0.717, 1.165) is 67.1 Å². The second-order valence-electron chi connectivity index (χ2n) is 16.9. The summed E-state index contributed by atoms with van der Waals surface area (Å²) in [6.07, 6.45) is 0. The van der Waals surface area contributed by atoms with Crippen LogP contribution in [-0.4, -0.2) is 21.1 Å². The third-order valence-corrected chi connectivity index (χ3v) is 13.9. The predicted octanol–water partition coefficient (Wildman–Crippen LogP) is 14.3. The minimum atomic E-state index is -2.44. The van der Waals surface area contributed by atoms with Gasteiger partial charge in [0, 0.05) is 11.3 Å². The summed E-state index contributed by atoms with van der Waals surface area (Å²) in [5.74, 6) is 0.685. The number of rotatable bonds is 8. The van der Waals surface area contributed by atoms with Gasteiger partial charge in [-0.3, -0.25) is 0 Å². The quantitative estimate of drug-likeness (QED) is 0.112. The first-order valence-electron chi connectivity index (χ1n) is 25.6. The Kier molecular flexibility index (Phi) is 8.52. The number of benzene rings is 9. The topological polar surface area (TPSA) is 38.5 Å². The van der Waals surface area contributed by atoms with Gasteiger partial charge in [-0.15, -0.1) is 6.07 Å². The van der Waals surface area contributed by atoms with Gasteiger partial charge >= 0.3 is 339 Å². The first kappa shape index (κ1) is 35.0. The molecule has 0 amide bonds. The molecule has 0 N–H and O–H groups in total. The fourth-order valence-electron chi connectivity index (χ4n) is 9.98. The molecule has 11 aromatic rings. The van der Waals surface area contributed by atoms with Crippen LogP contribution in [0, 0.1) is 22.8 Å². The zero-order chi connectivity index (χ0) is 51.1. The molecule has 13 rings (SSSR count). The van der Waals surface area contributed by atoms with Crippen molar-refractivity contribution in [2.75, 3.05) is 9.62 Å². The second kappa shape index (κ2) is 16.8. The number of nitrogens with zero attached hydrogens (tertiary/aromatic N) is 5. The number of hydrogen-bond acceptors (Lipinski definition) is 4. The van der Waals surface area contributed by atoms with E-state index in [1.807, 2.05) is 120 Å². The Bertz CT molecular complexity index is 4150. The molecule has 0 saturated carbocycles. The van der Waals surface area contributed by atoms with Gasteiger partial charge in [0.15, 0.2) is 0 Å². The van der Waals surface area contributed by atoms with Crippen LogP contribution in [0.15, 0.2) is 224 Å². The predicted molar refractivity (Wildman–Crippen MR) is 277 cm³/mol. The molecular formula is C61H40BN5OPt-2. The van der Waals surface area contributed by atoms with Crippen LogP contribution >= 0.6 is 0 Å². The molecule has 9 aromatic carbocycles. The summed E-state index contributed by atoms with van der Waals surface area (Å²) in [5.41, 5.74) is 13.8. The molecule has 330 valence electrons. The molecule has 0 unspecified atom stereocenters. The molecule has 4 heterocycles. The Morgan fingerprint density at radius 3 is 2.07 bits per heavy atom. The van der Waals surface area contributed by atoms with E-state index in [1.54, 1.807) is 18.2 Å². The van der Waals surface area contributed by atoms with Crippen molar-refractivity contribution in [3.63, 3.8) is 0 Å². The number of anilines is 4. The first-order chi connectivity index (χ1) is 36.5. The van der Waals surface area contributed by atoms with Crippen LogP contribution in [0.25, 0.3) is 66.9 Å². The van der Waals surface area contributed by atoms with Crippen molar-refractivity contribution >= 4 is 46.4 Å². The van der Waals surface area contributed by atoms with Gasteiger partial charge in [0.2, 0.25) is 0 Å². The van der Waals surface area contributed by atoms with Crippen molar-refractivity contribution in [1.82, 2.24) is 14.1 Å². The van der Waals surface area contributed by atoms with Gasteiger partial charge in [0.05, 0.1) is 0 Å². The van der Waals surface area contributed by atoms with E-state index < -0.39 is 6.85 Å². The van der Waals surface area contributed by atoms with E-state index in [4.69, 9.17) is 13.8 Å². The van der Waals surface area contributed by atoms with Crippen molar-refractivity contribution in [1.29, 1.82) is 0 Å². The molecular weight excluding hydrogens is 1020 g/mol. The Morgan fingerprint density at radius 1 is 0.580 bits per heavy atom. The van der Waals surface area contributed by atoms with Gasteiger partial charge in [-0.1, -0.05) is 42.5 Å². The maximum absolute atomic E-state index is 9.49. The van der Waals surface area contributed by atoms with Crippen molar-refractivity contribution < 1.29 is 32.3 Å². The van der Waals surface area contributed by atoms with Gasteiger partial charge in [0.1, 0.15) is 0 Å². The van der Waals surface area contributed by atoms with Crippen LogP contribution in [0.1, 0.15) is 13.8 Å². The Morgan fingerprint density at radius 2 is 1.25 bits per heavy atom. The SMILES string of the molecule is [2H]c1c(Oc2cccc(N3B4c5ccccc5-c5ccccc5N4c4ccc[c-]c43)n2)[c-]c(-n2[c](=[Pt])n(-c3c(-c4ccccc4)cc(C([2H])([2H])[2H])cc3-c3cccc(-c4ccccc4)c3)c3ccccc32)c([2H])c1[2H]. The standard InChI is InChI=1S/C61H40BN5O.Pt/c1-42-37-51(44-21-6-3-7-22-44)61(52(38-42)46-24-16-23-45(39-46)43-19-4-2-5-20-43)65-41-64(55-31-12-13-32-56(55)65)47-25-17-26-48(40-47)68-60-36-18-35-59(63-60)67-58-34-15-14-33-57(58)66-54-30-11-9-28-50(54)49-27-8-10-29-53(49)62(66)67;/h2-33,35-39H,1H3;/q-2;/i1D3,17D,25D,26D;. The van der Waals surface area contributed by atoms with Crippen LogP contribution < -0.4 is 19.8 Å². The van der Waals surface area contributed by atoms with Crippen LogP contribution in [0.4, 0.5) is 22.9 Å². The summed E-state index contributed by atoms with van der Waals surface area (Å²) in [6.45, 7) is -2.73. The number of aryl methyl sites for hydroxylation is 1. The summed E-state index contributed by atoms with van der Waals surface area (Å²) >= 11 is 2.24. The summed E-state index contributed by atoms with van der Waals surface area (Å²) < 4.78 is 65.2. The van der Waals surface area contributed by atoms with Crippen molar-refractivity contribution in [2.24, 2.45) is 0 Å². The van der Waals surface area contributed by atoms with E-state index in [9.17, 15) is 4.11 Å². The minimum absolute atomic E-state index is 0.0755. The van der Waals surface area contributed by atoms with Crippen LogP contribution in [-0.2, 0) is 19.4 Å². The number of aromatic nitrogens is 3. The number of hydrogen-bond donors (Lipinski definition) is 0. The third kappa shape index (κ3) is 6.92. The van der Waals surface area contributed by atoms with E-state index in [0.29, 0.717) is 26.3 Å². The Labute approximate surface area is 420 Å². The number of para-hydroxylation sites is 4. The summed E-state index contributed by atoms with van der Waals surface area (Å²) in [7, 11) is 0. The van der Waals surface area contributed by atoms with Gasteiger partial charge in [-0.05, 0) is 11.6 Å². The van der Waals surface area contributed by atoms with E-state index >= 15 is 0 Å². The zero-order valence-electron chi connectivity index (χ0n) is 42.7. The third-order valence-electron chi connectivity index (χ3n) is 12.9. The van der Waals surface area contributed by atoms with E-state index in [-0.39, 0.29) is 48.0 Å². The second-order valence-corrected chi connectivity index (χ2v) is 17.9. The molecule has 6 nitrogen and oxygen atoms in total. The van der Waals surface area contributed by atoms with Crippen molar-refractivity contribution in [3.8, 4) is 67.5 Å². The molecule has 2 aliphatic rings. The van der Waals surface area contributed by atoms with Crippen LogP contribution in [0.2, 0.25) is 0 Å². The van der Waals surface area contributed by atoms with E-state index in [1.165, 1.54) is 0 Å². The number of pyridine rings is 1. The molecule has 0 saturated heterocycles. The zero-order valence-corrected chi connectivity index (χ0v) is 38.9. The molecule has 0 fully saturated rings. The molecule has 0 radical (unpaired) electrons. The van der Waals surface area contributed by atoms with Gasteiger partial charge in [0.25, 0.3) is 0 Å². The molecule has 69 heavy (non-hydrogen) atoms. The number of fused-ring (bicyclic) bond motifs is 9. The average molecular weight is 1070 g/mol. The first-order valence-corrected chi connectivity index (χ1v) is 23.7. The fraction of sp³-hybridized carbons (Fsp3) is 0.0164. The molecule has 0 spiro atoms. The Balaban J connectivity index is 0.969. The van der Waals surface area contributed by atoms with E-state index in [2.05, 4.69) is 118 Å². The van der Waals surface area contributed by atoms with Gasteiger partial charge in [-0.2, -0.15) is 12.1 Å². The van der Waals surface area contributed by atoms with Gasteiger partial charge < -0.3 is 0 Å². The van der Waals surface area contributed by atoms with Crippen LogP contribution in [0.5, 0.6) is 11.6 Å². The Hall–Kier alpha value is -8.25. The molecule has 0 bridgehead atoms. The monoisotopic (exact) mass is 1070 g/mol. The summed E-state index contributed by atoms with van der Waals surface area (Å²) in [4.78, 5) is 9.58. The summed E-state index contributed by atoms with van der Waals surface area (Å²) in [5, 5.41) is 0. The molecule has 0 aliphatic carbocycles. The molecule has 2 aliphatic heterocycles. The maximum atomic E-state index is 9.49.